The van der Waals surface area contributed by atoms with Crippen LogP contribution in [0.15, 0.2) is 48.5 Å². The van der Waals surface area contributed by atoms with Crippen molar-refractivity contribution in [2.45, 2.75) is 6.92 Å². The fourth-order valence-corrected chi connectivity index (χ4v) is 4.37. The molecule has 0 aliphatic heterocycles. The van der Waals surface area contributed by atoms with Crippen LogP contribution in [0, 0.1) is 42.7 Å². The molecule has 0 N–H and O–H groups in total. The van der Waals surface area contributed by atoms with Crippen LogP contribution in [0.3, 0.4) is 0 Å². The number of nitrogens with zero attached hydrogens (tertiary/aromatic N) is 5. The van der Waals surface area contributed by atoms with Crippen LogP contribution in [0.4, 0.5) is 0 Å². The molecule has 5 aromatic rings. The zero-order valence-corrected chi connectivity index (χ0v) is 15.9. The van der Waals surface area contributed by atoms with E-state index in [0.717, 1.165) is 43.7 Å². The predicted molar refractivity (Wildman–Crippen MR) is 116 cm³/mol. The summed E-state index contributed by atoms with van der Waals surface area (Å²) in [6.45, 7) is 16.9. The van der Waals surface area contributed by atoms with Gasteiger partial charge in [0.1, 0.15) is 0 Å². The van der Waals surface area contributed by atoms with Crippen LogP contribution in [0.2, 0.25) is 0 Å². The number of hydrogen-bond donors (Lipinski definition) is 0. The minimum atomic E-state index is 0.0200. The zero-order chi connectivity index (χ0) is 21.0. The van der Waals surface area contributed by atoms with Crippen LogP contribution in [-0.4, -0.2) is 4.40 Å². The van der Waals surface area contributed by atoms with E-state index >= 15 is 0 Å². The van der Waals surface area contributed by atoms with Gasteiger partial charge in [0.2, 0.25) is 0 Å². The number of aromatic nitrogens is 1. The Kier molecular flexibility index (Phi) is 3.50. The summed E-state index contributed by atoms with van der Waals surface area (Å²) in [6, 6.07) is 19.7. The summed E-state index contributed by atoms with van der Waals surface area (Å²) in [5.41, 5.74) is 3.55. The highest BCUT2D eigenvalue weighted by atomic mass is 14.9. The van der Waals surface area contributed by atoms with E-state index in [0.29, 0.717) is 10.4 Å². The first-order chi connectivity index (χ1) is 14.6. The van der Waals surface area contributed by atoms with Crippen molar-refractivity contribution >= 4 is 49.5 Å². The lowest BCUT2D eigenvalue weighted by Gasteiger charge is -2.13. The van der Waals surface area contributed by atoms with Crippen LogP contribution >= 0.6 is 0 Å². The lowest BCUT2D eigenvalue weighted by atomic mass is 10.0. The number of hydrogen-bond acceptors (Lipinski definition) is 2. The molecule has 0 radical (unpaired) electrons. The Morgan fingerprint density at radius 2 is 1.27 bits per heavy atom. The molecule has 0 bridgehead atoms. The monoisotopic (exact) mass is 381 g/mol. The third kappa shape index (κ3) is 2.07. The molecule has 2 aromatic carbocycles. The molecule has 136 valence electrons. The molecule has 0 saturated heterocycles. The van der Waals surface area contributed by atoms with E-state index in [4.69, 9.17) is 13.1 Å². The van der Waals surface area contributed by atoms with Gasteiger partial charge in [-0.15, -0.1) is 0 Å². The Hall–Kier alpha value is -4.84. The van der Waals surface area contributed by atoms with E-state index in [1.165, 1.54) is 0 Å². The molecule has 30 heavy (non-hydrogen) atoms. The van der Waals surface area contributed by atoms with Crippen molar-refractivity contribution in [2.24, 2.45) is 0 Å². The topological polar surface area (TPSA) is 60.7 Å². The van der Waals surface area contributed by atoms with Gasteiger partial charge in [0.05, 0.1) is 41.8 Å². The summed E-state index contributed by atoms with van der Waals surface area (Å²) in [5.74, 6) is 0. The SMILES string of the molecule is [C-]#[N+]/C(C#N)=c1\cc2c3ccccc3c3c/c(=C(/C#N)[N+]#[C-])c4cc(C)cc1c4n23. The van der Waals surface area contributed by atoms with Gasteiger partial charge in [0.15, 0.2) is 0 Å². The first-order valence-electron chi connectivity index (χ1n) is 9.15. The van der Waals surface area contributed by atoms with Crippen molar-refractivity contribution in [3.8, 4) is 12.1 Å². The Balaban J connectivity index is 2.35. The van der Waals surface area contributed by atoms with Gasteiger partial charge in [-0.2, -0.15) is 0 Å². The van der Waals surface area contributed by atoms with Crippen LogP contribution < -0.4 is 10.4 Å². The lowest BCUT2D eigenvalue weighted by molar-refractivity contribution is 1.31. The van der Waals surface area contributed by atoms with Crippen LogP contribution in [-0.2, 0) is 0 Å². The number of aryl methyl sites for hydroxylation is 1. The maximum absolute atomic E-state index is 9.59. The highest BCUT2D eigenvalue weighted by Gasteiger charge is 2.18. The number of fused-ring (bicyclic) bond motifs is 3. The van der Waals surface area contributed by atoms with Crippen molar-refractivity contribution in [3.05, 3.63) is 87.4 Å². The van der Waals surface area contributed by atoms with Crippen LogP contribution in [0.1, 0.15) is 5.56 Å². The molecule has 0 fully saturated rings. The van der Waals surface area contributed by atoms with E-state index in [1.54, 1.807) is 0 Å². The minimum absolute atomic E-state index is 0.0200. The normalized spacial score (nSPS) is 13.1. The molecular formula is C25H11N5. The summed E-state index contributed by atoms with van der Waals surface area (Å²) in [4.78, 5) is 6.92. The molecule has 3 heterocycles. The van der Waals surface area contributed by atoms with E-state index in [2.05, 4.69) is 14.1 Å². The lowest BCUT2D eigenvalue weighted by Crippen LogP contribution is -2.14. The third-order valence-electron chi connectivity index (χ3n) is 5.53. The fourth-order valence-electron chi connectivity index (χ4n) is 4.37. The van der Waals surface area contributed by atoms with Gasteiger partial charge in [-0.05, 0) is 35.4 Å². The Labute approximate surface area is 171 Å². The van der Waals surface area contributed by atoms with Gasteiger partial charge >= 0.3 is 0 Å². The quantitative estimate of drug-likeness (QED) is 0.377. The van der Waals surface area contributed by atoms with Gasteiger partial charge in [-0.25, -0.2) is 20.2 Å². The number of rotatable bonds is 0. The predicted octanol–water partition coefficient (Wildman–Crippen LogP) is 4.25. The van der Waals surface area contributed by atoms with Gasteiger partial charge in [-0.3, -0.25) is 0 Å². The molecule has 0 aliphatic carbocycles. The summed E-state index contributed by atoms with van der Waals surface area (Å²) < 4.78 is 2.11. The van der Waals surface area contributed by atoms with Gasteiger partial charge in [-0.1, -0.05) is 36.4 Å². The highest BCUT2D eigenvalue weighted by Crippen LogP contribution is 2.32. The van der Waals surface area contributed by atoms with Crippen molar-refractivity contribution in [1.82, 2.24) is 4.40 Å². The summed E-state index contributed by atoms with van der Waals surface area (Å²) in [6.07, 6.45) is 0. The molecule has 0 atom stereocenters. The number of pyridine rings is 2. The molecule has 0 saturated carbocycles. The third-order valence-corrected chi connectivity index (χ3v) is 5.53. The first kappa shape index (κ1) is 17.3. The molecule has 0 unspecified atom stereocenters. The zero-order valence-electron chi connectivity index (χ0n) is 15.9. The molecule has 0 aliphatic rings. The molecular weight excluding hydrogens is 370 g/mol. The van der Waals surface area contributed by atoms with Gasteiger partial charge in [0.25, 0.3) is 11.4 Å². The van der Waals surface area contributed by atoms with Crippen molar-refractivity contribution in [3.63, 3.8) is 0 Å². The standard InChI is InChI=1S/C25H11N5/c1-14-8-19-17(21(12-26)28-2)10-23-15-6-4-5-7-16(15)24-11-18(22(13-27)29-3)20(9-14)25(19)30(23)24/h4-11H,1H3/b21-17+,22-18+. The Bertz CT molecular complexity index is 1680. The van der Waals surface area contributed by atoms with Crippen LogP contribution in [0.5, 0.6) is 0 Å². The number of benzene rings is 2. The van der Waals surface area contributed by atoms with Crippen molar-refractivity contribution in [2.75, 3.05) is 0 Å². The molecule has 3 aromatic heterocycles. The highest BCUT2D eigenvalue weighted by molar-refractivity contribution is 6.14. The van der Waals surface area contributed by atoms with Gasteiger partial charge < -0.3 is 4.40 Å². The Morgan fingerprint density at radius 3 is 1.67 bits per heavy atom. The van der Waals surface area contributed by atoms with Crippen molar-refractivity contribution < 1.29 is 0 Å². The second kappa shape index (κ2) is 6.08. The number of nitriles is 2. The average molecular weight is 381 g/mol. The van der Waals surface area contributed by atoms with Crippen LogP contribution in [0.25, 0.3) is 59.2 Å². The molecule has 0 spiro atoms. The Morgan fingerprint density at radius 1 is 0.800 bits per heavy atom. The van der Waals surface area contributed by atoms with Gasteiger partial charge in [0, 0.05) is 21.2 Å². The van der Waals surface area contributed by atoms with E-state index in [1.807, 2.05) is 67.6 Å². The second-order valence-corrected chi connectivity index (χ2v) is 7.12. The molecule has 5 rings (SSSR count). The van der Waals surface area contributed by atoms with Crippen molar-refractivity contribution in [1.29, 1.82) is 10.5 Å². The summed E-state index contributed by atoms with van der Waals surface area (Å²) in [5, 5.41) is 23.8. The first-order valence-corrected chi connectivity index (χ1v) is 9.15. The largest absolute Gasteiger partial charge is 0.308 e. The second-order valence-electron chi connectivity index (χ2n) is 7.12. The maximum Gasteiger partial charge on any atom is 0.269 e. The smallest absolute Gasteiger partial charge is 0.269 e. The molecule has 5 heteroatoms. The summed E-state index contributed by atoms with van der Waals surface area (Å²) in [7, 11) is 0. The fraction of sp³-hybridized carbons (Fsp3) is 0.0400. The minimum Gasteiger partial charge on any atom is -0.308 e. The maximum atomic E-state index is 9.59. The summed E-state index contributed by atoms with van der Waals surface area (Å²) >= 11 is 0. The van der Waals surface area contributed by atoms with E-state index in [9.17, 15) is 10.5 Å². The van der Waals surface area contributed by atoms with E-state index in [-0.39, 0.29) is 11.4 Å². The average Bonchev–Trinajstić information content (AvgIpc) is 3.08. The molecule has 0 amide bonds. The molecule has 5 nitrogen and oxygen atoms in total. The van der Waals surface area contributed by atoms with E-state index < -0.39 is 0 Å².